The van der Waals surface area contributed by atoms with Gasteiger partial charge in [0.2, 0.25) is 41.4 Å². The minimum absolute atomic E-state index is 0.0227. The number of carbonyl (C=O) groups is 7. The van der Waals surface area contributed by atoms with Gasteiger partial charge in [-0.25, -0.2) is 0 Å². The van der Waals surface area contributed by atoms with E-state index in [1.54, 1.807) is 42.5 Å². The topological polar surface area (TPSA) is 363 Å². The van der Waals surface area contributed by atoms with Gasteiger partial charge in [0.25, 0.3) is 0 Å². The summed E-state index contributed by atoms with van der Waals surface area (Å²) >= 11 is 2.65. The van der Waals surface area contributed by atoms with Crippen molar-refractivity contribution in [1.29, 1.82) is 0 Å². The SMILES string of the molecule is NC(=O)CNC(=O)[C@@H](CO[C@@H]1O[C@H](CO)[C@@H](O)[C@H](O)[C@H]1O)NC(=O)[C@@H](CSC(c1ccccc1)(c1ccccc1)c1ccccc1)NC(=O)[C@H](Cc1ccccc1)NC(=O)CNC(=O)[C@@H](CSC(c1ccccc1)(c1ccccc1)c1ccccc1)NC(=O)[C@@H](N)Cc1ccc(O)cc1. The van der Waals surface area contributed by atoms with Crippen LogP contribution >= 0.6 is 23.5 Å². The highest BCUT2D eigenvalue weighted by molar-refractivity contribution is 8.01. The molecular formula is C75H80N8O14S2. The van der Waals surface area contributed by atoms with E-state index in [0.717, 1.165) is 33.4 Å². The van der Waals surface area contributed by atoms with Crippen molar-refractivity contribution in [3.63, 3.8) is 0 Å². The highest BCUT2D eigenvalue weighted by Crippen LogP contribution is 2.50. The monoisotopic (exact) mass is 1380 g/mol. The second kappa shape index (κ2) is 35.7. The number of aliphatic hydroxyl groups is 4. The molecule has 8 aromatic carbocycles. The third-order valence-electron chi connectivity index (χ3n) is 16.7. The van der Waals surface area contributed by atoms with Crippen LogP contribution in [-0.2, 0) is 65.4 Å². The number of aromatic hydroxyl groups is 1. The van der Waals surface area contributed by atoms with Crippen molar-refractivity contribution in [2.75, 3.05) is 37.8 Å². The largest absolute Gasteiger partial charge is 0.508 e. The Morgan fingerprint density at radius 3 is 1.25 bits per heavy atom. The molecule has 0 saturated carbocycles. The Morgan fingerprint density at radius 2 is 0.818 bits per heavy atom. The van der Waals surface area contributed by atoms with Crippen LogP contribution in [0.25, 0.3) is 0 Å². The number of phenolic OH excluding ortho intramolecular Hbond substituents is 1. The Morgan fingerprint density at radius 1 is 0.444 bits per heavy atom. The van der Waals surface area contributed by atoms with Gasteiger partial charge in [0.15, 0.2) is 6.29 Å². The maximum Gasteiger partial charge on any atom is 0.245 e. The third-order valence-corrected chi connectivity index (χ3v) is 20.0. The molecule has 1 fully saturated rings. The summed E-state index contributed by atoms with van der Waals surface area (Å²) in [6, 6.07) is 65.0. The number of hydrogen-bond acceptors (Lipinski definition) is 17. The van der Waals surface area contributed by atoms with Crippen molar-refractivity contribution in [2.24, 2.45) is 11.5 Å². The lowest BCUT2D eigenvalue weighted by atomic mass is 9.84. The van der Waals surface area contributed by atoms with Crippen LogP contribution in [0.15, 0.2) is 237 Å². The number of amides is 7. The number of benzene rings is 8. The molecule has 99 heavy (non-hydrogen) atoms. The molecule has 0 aliphatic carbocycles. The zero-order valence-electron chi connectivity index (χ0n) is 53.8. The van der Waals surface area contributed by atoms with Crippen LogP contribution in [0.4, 0.5) is 0 Å². The summed E-state index contributed by atoms with van der Waals surface area (Å²) in [5, 5.41) is 67.9. The fourth-order valence-corrected chi connectivity index (χ4v) is 14.7. The molecule has 15 N–H and O–H groups in total. The smallest absolute Gasteiger partial charge is 0.245 e. The highest BCUT2D eigenvalue weighted by Gasteiger charge is 2.46. The molecule has 516 valence electrons. The van der Waals surface area contributed by atoms with Crippen LogP contribution in [0, 0.1) is 0 Å². The normalized spacial score (nSPS) is 17.6. The van der Waals surface area contributed by atoms with Gasteiger partial charge in [0.05, 0.1) is 41.8 Å². The number of rotatable bonds is 33. The van der Waals surface area contributed by atoms with E-state index in [4.69, 9.17) is 20.9 Å². The number of nitrogens with two attached hydrogens (primary N) is 2. The molecule has 8 aromatic rings. The van der Waals surface area contributed by atoms with Gasteiger partial charge in [-0.2, -0.15) is 0 Å². The second-order valence-corrected chi connectivity index (χ2v) is 26.1. The van der Waals surface area contributed by atoms with Crippen molar-refractivity contribution in [3.8, 4) is 5.75 Å². The molecule has 22 nitrogen and oxygen atoms in total. The van der Waals surface area contributed by atoms with Gasteiger partial charge < -0.3 is 78.4 Å². The molecule has 0 spiro atoms. The van der Waals surface area contributed by atoms with Crippen LogP contribution in [0.3, 0.4) is 0 Å². The summed E-state index contributed by atoms with van der Waals surface area (Å²) < 4.78 is 9.24. The molecule has 1 aliphatic rings. The standard InChI is InChI=1S/C75H80N8O14S2/c76-57(40-49-36-38-56(85)39-37-49)68(91)82-60(46-98-74(50-24-10-2-11-25-50,51-26-12-3-13-27-51)52-28-14-4-15-29-52)70(93)79-43-64(87)80-58(41-48-22-8-1-9-23-48)71(94)83-61(47-99-75(53-30-16-5-17-31-53,54-32-18-6-19-33-54)55-34-20-7-21-35-55)72(95)81-59(69(92)78-42-63(77)86)45-96-73-67(90)66(89)65(88)62(44-84)97-73/h1-39,57-62,65-67,73,84-85,88-90H,40-47,76H2,(H2,77,86)(H,78,92)(H,79,93)(H,80,87)(H,81,95)(H,82,91)(H,83,94)/t57-,58-,59+,60+,61+,62+,65+,66-,67+,73+/m0/s1. The van der Waals surface area contributed by atoms with Crippen LogP contribution in [0.2, 0.25) is 0 Å². The highest BCUT2D eigenvalue weighted by atomic mass is 32.2. The Bertz CT molecular complexity index is 3730. The minimum atomic E-state index is -1.91. The number of nitrogens with one attached hydrogen (secondary N) is 6. The van der Waals surface area contributed by atoms with E-state index in [1.807, 2.05) is 182 Å². The van der Waals surface area contributed by atoms with Crippen molar-refractivity contribution in [3.05, 3.63) is 281 Å². The van der Waals surface area contributed by atoms with E-state index in [-0.39, 0.29) is 30.1 Å². The number of hydrogen-bond donors (Lipinski definition) is 13. The van der Waals surface area contributed by atoms with E-state index < -0.39 is 138 Å². The Balaban J connectivity index is 1.03. The maximum atomic E-state index is 15.4. The van der Waals surface area contributed by atoms with Crippen molar-refractivity contribution < 1.29 is 68.6 Å². The van der Waals surface area contributed by atoms with Gasteiger partial charge in [-0.05, 0) is 63.1 Å². The molecule has 9 rings (SSSR count). The molecule has 1 saturated heterocycles. The van der Waals surface area contributed by atoms with E-state index in [1.165, 1.54) is 35.7 Å². The molecule has 0 bridgehead atoms. The van der Waals surface area contributed by atoms with Gasteiger partial charge in [-0.15, -0.1) is 23.5 Å². The summed E-state index contributed by atoms with van der Waals surface area (Å²) in [6.07, 6.45) is -8.83. The quantitative estimate of drug-likeness (QED) is 0.0262. The Labute approximate surface area is 581 Å². The average Bonchev–Trinajstić information content (AvgIpc) is 0.764. The van der Waals surface area contributed by atoms with Gasteiger partial charge in [0.1, 0.15) is 54.3 Å². The second-order valence-electron chi connectivity index (χ2n) is 23.6. The molecular weight excluding hydrogens is 1300 g/mol. The van der Waals surface area contributed by atoms with Gasteiger partial charge >= 0.3 is 0 Å². The molecule has 0 aromatic heterocycles. The number of carbonyl (C=O) groups excluding carboxylic acids is 7. The number of phenols is 1. The zero-order chi connectivity index (χ0) is 70.3. The maximum absolute atomic E-state index is 15.4. The number of thioether (sulfide) groups is 2. The average molecular weight is 1380 g/mol. The number of aliphatic hydroxyl groups excluding tert-OH is 4. The molecule has 7 amide bonds. The summed E-state index contributed by atoms with van der Waals surface area (Å²) in [7, 11) is 0. The number of ether oxygens (including phenoxy) is 2. The summed E-state index contributed by atoms with van der Waals surface area (Å²) in [5.74, 6) is -6.45. The zero-order valence-corrected chi connectivity index (χ0v) is 55.5. The fourth-order valence-electron chi connectivity index (χ4n) is 11.6. The molecule has 1 aliphatic heterocycles. The molecule has 10 atom stereocenters. The van der Waals surface area contributed by atoms with Crippen LogP contribution < -0.4 is 43.4 Å². The first-order chi connectivity index (χ1) is 47.9. The van der Waals surface area contributed by atoms with Crippen LogP contribution in [0.5, 0.6) is 5.75 Å². The summed E-state index contributed by atoms with van der Waals surface area (Å²) in [4.78, 5) is 101. The number of primary amides is 1. The van der Waals surface area contributed by atoms with E-state index >= 15 is 9.59 Å². The predicted molar refractivity (Wildman–Crippen MR) is 376 cm³/mol. The van der Waals surface area contributed by atoms with Gasteiger partial charge in [-0.3, -0.25) is 33.6 Å². The molecule has 0 radical (unpaired) electrons. The lowest BCUT2D eigenvalue weighted by molar-refractivity contribution is -0.301. The van der Waals surface area contributed by atoms with Crippen molar-refractivity contribution in [1.82, 2.24) is 31.9 Å². The van der Waals surface area contributed by atoms with Crippen molar-refractivity contribution >= 4 is 64.9 Å². The molecule has 0 unspecified atom stereocenters. The van der Waals surface area contributed by atoms with Gasteiger partial charge in [0, 0.05) is 17.9 Å². The summed E-state index contributed by atoms with van der Waals surface area (Å²) in [5.41, 5.74) is 18.1. The first-order valence-electron chi connectivity index (χ1n) is 32.0. The minimum Gasteiger partial charge on any atom is -0.508 e. The van der Waals surface area contributed by atoms with Gasteiger partial charge in [-0.1, -0.05) is 224 Å². The van der Waals surface area contributed by atoms with Crippen molar-refractivity contribution in [2.45, 2.75) is 83.3 Å². The first-order valence-corrected chi connectivity index (χ1v) is 34.0. The molecule has 24 heteroatoms. The summed E-state index contributed by atoms with van der Waals surface area (Å²) in [6.45, 7) is -3.05. The predicted octanol–water partition coefficient (Wildman–Crippen LogP) is 3.43. The Kier molecular flexibility index (Phi) is 26.5. The van der Waals surface area contributed by atoms with E-state index in [0.29, 0.717) is 11.1 Å². The lowest BCUT2D eigenvalue weighted by Gasteiger charge is -2.40. The molecule has 1 heterocycles. The van der Waals surface area contributed by atoms with Crippen LogP contribution in [-0.4, -0.2) is 166 Å². The first kappa shape index (κ1) is 73.5. The van der Waals surface area contributed by atoms with E-state index in [2.05, 4.69) is 31.9 Å². The van der Waals surface area contributed by atoms with E-state index in [9.17, 15) is 49.5 Å². The fraction of sp³-hybridized carbons (Fsp3) is 0.267. The van der Waals surface area contributed by atoms with Crippen LogP contribution in [0.1, 0.15) is 44.5 Å². The Hall–Kier alpha value is -9.73. The lowest BCUT2D eigenvalue weighted by Crippen LogP contribution is -2.61. The third kappa shape index (κ3) is 19.1.